The van der Waals surface area contributed by atoms with E-state index in [1.807, 2.05) is 13.8 Å². The van der Waals surface area contributed by atoms with Gasteiger partial charge in [-0.15, -0.1) is 0 Å². The largest absolute Gasteiger partial charge is 0.481 e. The lowest BCUT2D eigenvalue weighted by molar-refractivity contribution is -0.148. The van der Waals surface area contributed by atoms with Crippen LogP contribution in [0.1, 0.15) is 46.5 Å². The molecule has 0 aromatic heterocycles. The molecular formula is C15H27NO5. The Bertz CT molecular complexity index is 352. The number of rotatable bonds is 10. The lowest BCUT2D eigenvalue weighted by Gasteiger charge is -2.26. The van der Waals surface area contributed by atoms with Gasteiger partial charge in [0.25, 0.3) is 0 Å². The Morgan fingerprint density at radius 1 is 1.14 bits per heavy atom. The van der Waals surface area contributed by atoms with Crippen LogP contribution in [0.25, 0.3) is 0 Å². The van der Waals surface area contributed by atoms with E-state index in [-0.39, 0.29) is 31.2 Å². The third kappa shape index (κ3) is 8.32. The quantitative estimate of drug-likeness (QED) is 0.623. The summed E-state index contributed by atoms with van der Waals surface area (Å²) in [4.78, 5) is 35.9. The molecule has 0 spiro atoms. The molecule has 0 fully saturated rings. The van der Waals surface area contributed by atoms with E-state index in [0.717, 1.165) is 12.8 Å². The molecule has 0 heterocycles. The summed E-state index contributed by atoms with van der Waals surface area (Å²) < 4.78 is 4.62. The number of carboxylic acid groups (broad SMARTS) is 1. The Balaban J connectivity index is 4.72. The van der Waals surface area contributed by atoms with E-state index in [9.17, 15) is 14.4 Å². The first-order valence-corrected chi connectivity index (χ1v) is 7.40. The molecular weight excluding hydrogens is 274 g/mol. The Hall–Kier alpha value is -1.59. The fourth-order valence-electron chi connectivity index (χ4n) is 2.13. The van der Waals surface area contributed by atoms with Gasteiger partial charge in [-0.25, -0.2) is 0 Å². The molecule has 0 aliphatic carbocycles. The van der Waals surface area contributed by atoms with Gasteiger partial charge in [0.05, 0.1) is 7.11 Å². The molecule has 6 heteroatoms. The van der Waals surface area contributed by atoms with Crippen molar-refractivity contribution in [2.75, 3.05) is 20.2 Å². The summed E-state index contributed by atoms with van der Waals surface area (Å²) >= 11 is 0. The molecule has 21 heavy (non-hydrogen) atoms. The molecule has 0 radical (unpaired) electrons. The van der Waals surface area contributed by atoms with Crippen LogP contribution in [0.3, 0.4) is 0 Å². The highest BCUT2D eigenvalue weighted by atomic mass is 16.5. The number of carbonyl (C=O) groups excluding carboxylic acids is 2. The highest BCUT2D eigenvalue weighted by molar-refractivity contribution is 5.82. The third-order valence-corrected chi connectivity index (χ3v) is 3.58. The zero-order valence-corrected chi connectivity index (χ0v) is 13.4. The van der Waals surface area contributed by atoms with Gasteiger partial charge in [0.2, 0.25) is 5.91 Å². The summed E-state index contributed by atoms with van der Waals surface area (Å²) in [6.45, 7) is 6.23. The van der Waals surface area contributed by atoms with Crippen LogP contribution < -0.4 is 0 Å². The minimum Gasteiger partial charge on any atom is -0.481 e. The molecule has 0 saturated carbocycles. The molecule has 0 aliphatic rings. The number of carboxylic acids is 1. The van der Waals surface area contributed by atoms with Crippen LogP contribution >= 0.6 is 0 Å². The summed E-state index contributed by atoms with van der Waals surface area (Å²) in [5.74, 6) is -1.50. The maximum atomic E-state index is 12.3. The third-order valence-electron chi connectivity index (χ3n) is 3.58. The van der Waals surface area contributed by atoms with Crippen molar-refractivity contribution in [3.8, 4) is 0 Å². The molecule has 6 nitrogen and oxygen atoms in total. The van der Waals surface area contributed by atoms with E-state index in [4.69, 9.17) is 5.11 Å². The molecule has 0 bridgehead atoms. The monoisotopic (exact) mass is 301 g/mol. The highest BCUT2D eigenvalue weighted by Gasteiger charge is 2.22. The van der Waals surface area contributed by atoms with Crippen LogP contribution in [0.2, 0.25) is 0 Å². The van der Waals surface area contributed by atoms with Crippen LogP contribution in [0.5, 0.6) is 0 Å². The molecule has 0 aromatic rings. The van der Waals surface area contributed by atoms with Crippen molar-refractivity contribution < 1.29 is 24.2 Å². The van der Waals surface area contributed by atoms with Gasteiger partial charge in [0.15, 0.2) is 0 Å². The van der Waals surface area contributed by atoms with E-state index in [0.29, 0.717) is 12.5 Å². The summed E-state index contributed by atoms with van der Waals surface area (Å²) in [5.41, 5.74) is 0. The number of hydrogen-bond donors (Lipinski definition) is 1. The van der Waals surface area contributed by atoms with Gasteiger partial charge in [0, 0.05) is 19.4 Å². The maximum Gasteiger partial charge on any atom is 0.325 e. The first-order valence-electron chi connectivity index (χ1n) is 7.40. The van der Waals surface area contributed by atoms with Crippen LogP contribution in [0.4, 0.5) is 0 Å². The number of esters is 1. The lowest BCUT2D eigenvalue weighted by atomic mass is 10.0. The fourth-order valence-corrected chi connectivity index (χ4v) is 2.13. The molecule has 0 rings (SSSR count). The average Bonchev–Trinajstić information content (AvgIpc) is 2.41. The predicted molar refractivity (Wildman–Crippen MR) is 78.7 cm³/mol. The number of ether oxygens (including phenoxy) is 1. The predicted octanol–water partition coefficient (Wildman–Crippen LogP) is 1.93. The molecule has 0 aliphatic heterocycles. The molecule has 1 amide bonds. The minimum atomic E-state index is -0.921. The van der Waals surface area contributed by atoms with Crippen molar-refractivity contribution in [1.29, 1.82) is 0 Å². The van der Waals surface area contributed by atoms with Crippen molar-refractivity contribution >= 4 is 17.8 Å². The van der Waals surface area contributed by atoms with Crippen molar-refractivity contribution in [1.82, 2.24) is 4.90 Å². The molecule has 1 N–H and O–H groups in total. The zero-order valence-electron chi connectivity index (χ0n) is 13.4. The average molecular weight is 301 g/mol. The van der Waals surface area contributed by atoms with E-state index in [1.165, 1.54) is 12.0 Å². The van der Waals surface area contributed by atoms with Crippen molar-refractivity contribution in [2.45, 2.75) is 46.5 Å². The Kier molecular flexibility index (Phi) is 9.41. The van der Waals surface area contributed by atoms with Crippen LogP contribution in [-0.2, 0) is 19.1 Å². The summed E-state index contributed by atoms with van der Waals surface area (Å²) in [7, 11) is 1.29. The van der Waals surface area contributed by atoms with Crippen LogP contribution in [-0.4, -0.2) is 48.1 Å². The second-order valence-corrected chi connectivity index (χ2v) is 5.44. The number of hydrogen-bond acceptors (Lipinski definition) is 4. The molecule has 1 atom stereocenters. The first kappa shape index (κ1) is 19.4. The maximum absolute atomic E-state index is 12.3. The molecule has 0 aromatic carbocycles. The molecule has 1 unspecified atom stereocenters. The number of methoxy groups -OCH3 is 1. The Labute approximate surface area is 126 Å². The topological polar surface area (TPSA) is 83.9 Å². The van der Waals surface area contributed by atoms with E-state index in [1.54, 1.807) is 6.92 Å². The van der Waals surface area contributed by atoms with Gasteiger partial charge in [-0.2, -0.15) is 0 Å². The van der Waals surface area contributed by atoms with Gasteiger partial charge in [-0.05, 0) is 11.8 Å². The second-order valence-electron chi connectivity index (χ2n) is 5.44. The first-order chi connectivity index (χ1) is 9.83. The van der Waals surface area contributed by atoms with E-state index < -0.39 is 11.9 Å². The lowest BCUT2D eigenvalue weighted by Crippen LogP contribution is -2.40. The number of nitrogens with zero attached hydrogens (tertiary/aromatic N) is 1. The van der Waals surface area contributed by atoms with Gasteiger partial charge in [0.1, 0.15) is 6.54 Å². The summed E-state index contributed by atoms with van der Waals surface area (Å²) in [6, 6.07) is 0. The smallest absolute Gasteiger partial charge is 0.325 e. The van der Waals surface area contributed by atoms with Crippen LogP contribution in [0, 0.1) is 11.8 Å². The Morgan fingerprint density at radius 2 is 1.71 bits per heavy atom. The summed E-state index contributed by atoms with van der Waals surface area (Å²) in [6.07, 6.45) is 1.92. The van der Waals surface area contributed by atoms with Crippen molar-refractivity contribution in [2.24, 2.45) is 11.8 Å². The van der Waals surface area contributed by atoms with E-state index >= 15 is 0 Å². The molecule has 122 valence electrons. The second kappa shape index (κ2) is 10.2. The Morgan fingerprint density at radius 3 is 2.14 bits per heavy atom. The van der Waals surface area contributed by atoms with Gasteiger partial charge < -0.3 is 14.7 Å². The normalized spacial score (nSPS) is 12.0. The molecule has 0 saturated heterocycles. The number of amides is 1. The summed E-state index contributed by atoms with van der Waals surface area (Å²) in [5, 5.41) is 8.74. The van der Waals surface area contributed by atoms with Gasteiger partial charge in [-0.1, -0.05) is 33.6 Å². The zero-order chi connectivity index (χ0) is 16.4. The van der Waals surface area contributed by atoms with E-state index in [2.05, 4.69) is 4.74 Å². The van der Waals surface area contributed by atoms with Gasteiger partial charge >= 0.3 is 11.9 Å². The van der Waals surface area contributed by atoms with Crippen molar-refractivity contribution in [3.05, 3.63) is 0 Å². The fraction of sp³-hybridized carbons (Fsp3) is 0.800. The number of aliphatic carboxylic acids is 1. The number of carbonyl (C=O) groups is 3. The van der Waals surface area contributed by atoms with Crippen LogP contribution in [0.15, 0.2) is 0 Å². The van der Waals surface area contributed by atoms with Gasteiger partial charge in [-0.3, -0.25) is 14.4 Å². The van der Waals surface area contributed by atoms with Crippen molar-refractivity contribution in [3.63, 3.8) is 0 Å². The standard InChI is InChI=1S/C15H27NO5/c1-5-12(6-2)9-16(10-15(20)21-4)13(17)7-11(3)8-14(18)19/h11-12H,5-10H2,1-4H3,(H,18,19). The minimum absolute atomic E-state index is 0.0528. The SMILES string of the molecule is CCC(CC)CN(CC(=O)OC)C(=O)CC(C)CC(=O)O. The highest BCUT2D eigenvalue weighted by Crippen LogP contribution is 2.14.